The van der Waals surface area contributed by atoms with Crippen LogP contribution in [0.5, 0.6) is 0 Å². The van der Waals surface area contributed by atoms with Gasteiger partial charge in [0, 0.05) is 11.1 Å². The van der Waals surface area contributed by atoms with E-state index >= 15 is 0 Å². The molecule has 1 N–H and O–H groups in total. The summed E-state index contributed by atoms with van der Waals surface area (Å²) in [4.78, 5) is 15.7. The van der Waals surface area contributed by atoms with Gasteiger partial charge in [-0.2, -0.15) is 0 Å². The zero-order chi connectivity index (χ0) is 15.4. The van der Waals surface area contributed by atoms with E-state index in [1.807, 2.05) is 6.92 Å². The number of aryl methyl sites for hydroxylation is 1. The Bertz CT molecular complexity index is 660. The molecule has 7 heteroatoms. The highest BCUT2D eigenvalue weighted by Gasteiger charge is 2.10. The summed E-state index contributed by atoms with van der Waals surface area (Å²) in [6.45, 7) is 3.99. The highest BCUT2D eigenvalue weighted by molar-refractivity contribution is 9.10. The van der Waals surface area contributed by atoms with Crippen LogP contribution in [0.3, 0.4) is 0 Å². The van der Waals surface area contributed by atoms with Crippen molar-refractivity contribution < 1.29 is 13.9 Å². The summed E-state index contributed by atoms with van der Waals surface area (Å²) in [6, 6.07) is 3.11. The molecular weight excluding hydrogens is 359 g/mol. The van der Waals surface area contributed by atoms with Gasteiger partial charge in [-0.25, -0.2) is 9.37 Å². The standard InChI is InChI=1S/C14H14BrFN2O2S/c1-3-20-13(19)5-9-7-21-14(17-9)18-12-6-11(16)10(15)4-8(12)2/h4,6-7H,3,5H2,1-2H3,(H,17,18). The second-order valence-electron chi connectivity index (χ2n) is 4.33. The molecule has 4 nitrogen and oxygen atoms in total. The maximum atomic E-state index is 13.6. The monoisotopic (exact) mass is 372 g/mol. The van der Waals surface area contributed by atoms with Gasteiger partial charge in [-0.1, -0.05) is 0 Å². The molecule has 0 aliphatic carbocycles. The maximum Gasteiger partial charge on any atom is 0.311 e. The molecule has 1 aromatic carbocycles. The Morgan fingerprint density at radius 1 is 1.52 bits per heavy atom. The molecule has 0 saturated heterocycles. The number of esters is 1. The quantitative estimate of drug-likeness (QED) is 0.798. The van der Waals surface area contributed by atoms with Crippen LogP contribution in [-0.2, 0) is 16.0 Å². The molecule has 1 heterocycles. The maximum absolute atomic E-state index is 13.6. The van der Waals surface area contributed by atoms with Crippen molar-refractivity contribution in [3.05, 3.63) is 39.1 Å². The Kier molecular flexibility index (Phi) is 5.30. The topological polar surface area (TPSA) is 51.2 Å². The van der Waals surface area contributed by atoms with E-state index in [4.69, 9.17) is 4.74 Å². The SMILES string of the molecule is CCOC(=O)Cc1csc(Nc2cc(F)c(Br)cc2C)n1. The predicted molar refractivity (Wildman–Crippen MR) is 84.6 cm³/mol. The number of nitrogens with zero attached hydrogens (tertiary/aromatic N) is 1. The molecule has 2 rings (SSSR count). The van der Waals surface area contributed by atoms with E-state index in [9.17, 15) is 9.18 Å². The summed E-state index contributed by atoms with van der Waals surface area (Å²) in [5.41, 5.74) is 2.18. The predicted octanol–water partition coefficient (Wildman–Crippen LogP) is 4.20. The van der Waals surface area contributed by atoms with Gasteiger partial charge in [0.1, 0.15) is 5.82 Å². The van der Waals surface area contributed by atoms with Crippen molar-refractivity contribution in [1.82, 2.24) is 4.98 Å². The minimum absolute atomic E-state index is 0.139. The number of benzene rings is 1. The van der Waals surface area contributed by atoms with Gasteiger partial charge in [0.25, 0.3) is 0 Å². The molecule has 0 fully saturated rings. The van der Waals surface area contributed by atoms with Crippen molar-refractivity contribution in [3.63, 3.8) is 0 Å². The minimum Gasteiger partial charge on any atom is -0.466 e. The Morgan fingerprint density at radius 2 is 2.29 bits per heavy atom. The fraction of sp³-hybridized carbons (Fsp3) is 0.286. The van der Waals surface area contributed by atoms with Gasteiger partial charge in [0.2, 0.25) is 0 Å². The molecule has 1 aromatic heterocycles. The number of anilines is 2. The molecule has 0 saturated carbocycles. The van der Waals surface area contributed by atoms with Crippen LogP contribution < -0.4 is 5.32 Å². The number of hydrogen-bond acceptors (Lipinski definition) is 5. The lowest BCUT2D eigenvalue weighted by Gasteiger charge is -2.07. The number of carbonyl (C=O) groups excluding carboxylic acids is 1. The van der Waals surface area contributed by atoms with E-state index in [2.05, 4.69) is 26.2 Å². The van der Waals surface area contributed by atoms with Crippen LogP contribution in [-0.4, -0.2) is 17.6 Å². The summed E-state index contributed by atoms with van der Waals surface area (Å²) in [6.07, 6.45) is 0.139. The molecule has 0 radical (unpaired) electrons. The molecule has 112 valence electrons. The normalized spacial score (nSPS) is 10.5. The van der Waals surface area contributed by atoms with Gasteiger partial charge in [0.15, 0.2) is 5.13 Å². The summed E-state index contributed by atoms with van der Waals surface area (Å²) in [7, 11) is 0. The second kappa shape index (κ2) is 7.00. The van der Waals surface area contributed by atoms with Gasteiger partial charge in [-0.3, -0.25) is 4.79 Å². The lowest BCUT2D eigenvalue weighted by molar-refractivity contribution is -0.142. The van der Waals surface area contributed by atoms with E-state index < -0.39 is 0 Å². The van der Waals surface area contributed by atoms with Crippen LogP contribution in [0.15, 0.2) is 22.0 Å². The molecule has 0 atom stereocenters. The van der Waals surface area contributed by atoms with E-state index in [1.165, 1.54) is 17.4 Å². The Morgan fingerprint density at radius 3 is 3.00 bits per heavy atom. The van der Waals surface area contributed by atoms with Crippen molar-refractivity contribution in [2.24, 2.45) is 0 Å². The molecular formula is C14H14BrFN2O2S. The number of ether oxygens (including phenoxy) is 1. The Balaban J connectivity index is 2.09. The van der Waals surface area contributed by atoms with Crippen LogP contribution >= 0.6 is 27.3 Å². The fourth-order valence-electron chi connectivity index (χ4n) is 1.70. The number of carbonyl (C=O) groups is 1. The zero-order valence-electron chi connectivity index (χ0n) is 11.6. The third-order valence-corrected chi connectivity index (χ3v) is 4.11. The van der Waals surface area contributed by atoms with E-state index in [1.54, 1.807) is 18.4 Å². The van der Waals surface area contributed by atoms with Crippen molar-refractivity contribution in [2.45, 2.75) is 20.3 Å². The first kappa shape index (κ1) is 15.9. The molecule has 0 amide bonds. The summed E-state index contributed by atoms with van der Waals surface area (Å²) < 4.78 is 18.9. The molecule has 0 unspecified atom stereocenters. The average Bonchev–Trinajstić information content (AvgIpc) is 2.83. The average molecular weight is 373 g/mol. The largest absolute Gasteiger partial charge is 0.466 e. The van der Waals surface area contributed by atoms with Crippen LogP contribution in [0.1, 0.15) is 18.2 Å². The summed E-state index contributed by atoms with van der Waals surface area (Å²) >= 11 is 4.50. The van der Waals surface area contributed by atoms with Crippen LogP contribution in [0.2, 0.25) is 0 Å². The van der Waals surface area contributed by atoms with Gasteiger partial charge < -0.3 is 10.1 Å². The molecule has 21 heavy (non-hydrogen) atoms. The first-order chi connectivity index (χ1) is 9.99. The number of thiazole rings is 1. The summed E-state index contributed by atoms with van der Waals surface area (Å²) in [5, 5.41) is 5.45. The number of nitrogens with one attached hydrogen (secondary N) is 1. The van der Waals surface area contributed by atoms with Crippen LogP contribution in [0.25, 0.3) is 0 Å². The van der Waals surface area contributed by atoms with Crippen molar-refractivity contribution in [2.75, 3.05) is 11.9 Å². The number of halogens is 2. The van der Waals surface area contributed by atoms with E-state index in [0.29, 0.717) is 27.6 Å². The molecule has 0 bridgehead atoms. The number of aromatic nitrogens is 1. The Labute approximate surface area is 134 Å². The van der Waals surface area contributed by atoms with Crippen molar-refractivity contribution in [1.29, 1.82) is 0 Å². The third-order valence-electron chi connectivity index (χ3n) is 2.69. The lowest BCUT2D eigenvalue weighted by Crippen LogP contribution is -2.07. The smallest absolute Gasteiger partial charge is 0.311 e. The van der Waals surface area contributed by atoms with Gasteiger partial charge in [-0.15, -0.1) is 11.3 Å². The van der Waals surface area contributed by atoms with Gasteiger partial charge >= 0.3 is 5.97 Å². The van der Waals surface area contributed by atoms with E-state index in [0.717, 1.165) is 5.56 Å². The Hall–Kier alpha value is -1.47. The second-order valence-corrected chi connectivity index (χ2v) is 6.04. The van der Waals surface area contributed by atoms with Crippen LogP contribution in [0, 0.1) is 12.7 Å². The zero-order valence-corrected chi connectivity index (χ0v) is 14.0. The molecule has 0 aliphatic rings. The molecule has 0 spiro atoms. The fourth-order valence-corrected chi connectivity index (χ4v) is 2.88. The first-order valence-corrected chi connectivity index (χ1v) is 7.99. The lowest BCUT2D eigenvalue weighted by atomic mass is 10.2. The first-order valence-electron chi connectivity index (χ1n) is 6.32. The summed E-state index contributed by atoms with van der Waals surface area (Å²) in [5.74, 6) is -0.647. The van der Waals surface area contributed by atoms with Crippen LogP contribution in [0.4, 0.5) is 15.2 Å². The van der Waals surface area contributed by atoms with Gasteiger partial charge in [0.05, 0.1) is 23.2 Å². The molecule has 0 aliphatic heterocycles. The number of rotatable bonds is 5. The number of hydrogen-bond donors (Lipinski definition) is 1. The van der Waals surface area contributed by atoms with Gasteiger partial charge in [-0.05, 0) is 47.5 Å². The third kappa shape index (κ3) is 4.25. The highest BCUT2D eigenvalue weighted by Crippen LogP contribution is 2.28. The highest BCUT2D eigenvalue weighted by atomic mass is 79.9. The van der Waals surface area contributed by atoms with E-state index in [-0.39, 0.29) is 18.2 Å². The molecule has 2 aromatic rings. The van der Waals surface area contributed by atoms with Crippen molar-refractivity contribution >= 4 is 44.1 Å². The minimum atomic E-state index is -0.341. The van der Waals surface area contributed by atoms with Crippen molar-refractivity contribution in [3.8, 4) is 0 Å².